The predicted octanol–water partition coefficient (Wildman–Crippen LogP) is -0.0233. The molecule has 6 heteroatoms. The van der Waals surface area contributed by atoms with Gasteiger partial charge in [0.05, 0.1) is 18.4 Å². The lowest BCUT2D eigenvalue weighted by Crippen LogP contribution is -2.45. The summed E-state index contributed by atoms with van der Waals surface area (Å²) in [5, 5.41) is 12.1. The smallest absolute Gasteiger partial charge is 0.306 e. The lowest BCUT2D eigenvalue weighted by Gasteiger charge is -2.29. The van der Waals surface area contributed by atoms with Crippen LogP contribution >= 0.6 is 0 Å². The maximum Gasteiger partial charge on any atom is 0.306 e. The zero-order valence-electron chi connectivity index (χ0n) is 10.4. The summed E-state index contributed by atoms with van der Waals surface area (Å²) in [5.41, 5.74) is 0. The van der Waals surface area contributed by atoms with Crippen molar-refractivity contribution in [3.63, 3.8) is 0 Å². The van der Waals surface area contributed by atoms with E-state index in [2.05, 4.69) is 5.32 Å². The fourth-order valence-electron chi connectivity index (χ4n) is 2.74. The van der Waals surface area contributed by atoms with Gasteiger partial charge in [-0.25, -0.2) is 0 Å². The molecule has 6 nitrogen and oxygen atoms in total. The van der Waals surface area contributed by atoms with Gasteiger partial charge in [-0.3, -0.25) is 19.3 Å². The number of imide groups is 1. The van der Waals surface area contributed by atoms with Crippen LogP contribution in [0, 0.1) is 5.92 Å². The summed E-state index contributed by atoms with van der Waals surface area (Å²) in [7, 11) is 1.48. The van der Waals surface area contributed by atoms with E-state index in [0.717, 1.165) is 17.7 Å². The molecule has 1 heterocycles. The Balaban J connectivity index is 1.92. The van der Waals surface area contributed by atoms with Gasteiger partial charge in [-0.2, -0.15) is 0 Å². The Labute approximate surface area is 105 Å². The molecule has 2 fully saturated rings. The molecule has 0 radical (unpaired) electrons. The minimum absolute atomic E-state index is 0.0214. The van der Waals surface area contributed by atoms with Crippen molar-refractivity contribution in [2.75, 3.05) is 7.05 Å². The Morgan fingerprint density at radius 2 is 2.11 bits per heavy atom. The standard InChI is InChI=1S/C12H18N2O4/c1-14-10(15)6-9(11(14)16)13-8-4-2-3-7(5-8)12(17)18/h7-9,13H,2-6H2,1H3,(H,17,18). The number of nitrogens with zero attached hydrogens (tertiary/aromatic N) is 1. The third kappa shape index (κ3) is 2.53. The maximum absolute atomic E-state index is 11.7. The molecule has 3 unspecified atom stereocenters. The van der Waals surface area contributed by atoms with Gasteiger partial charge in [0.15, 0.2) is 0 Å². The monoisotopic (exact) mass is 254 g/mol. The van der Waals surface area contributed by atoms with E-state index in [1.54, 1.807) is 0 Å². The number of hydrogen-bond donors (Lipinski definition) is 2. The van der Waals surface area contributed by atoms with Crippen LogP contribution in [0.2, 0.25) is 0 Å². The molecule has 1 aliphatic heterocycles. The number of carbonyl (C=O) groups excluding carboxylic acids is 2. The van der Waals surface area contributed by atoms with E-state index in [1.807, 2.05) is 0 Å². The van der Waals surface area contributed by atoms with Crippen molar-refractivity contribution in [3.05, 3.63) is 0 Å². The molecule has 2 rings (SSSR count). The molecule has 0 bridgehead atoms. The summed E-state index contributed by atoms with van der Waals surface area (Å²) < 4.78 is 0. The van der Waals surface area contributed by atoms with Crippen molar-refractivity contribution in [3.8, 4) is 0 Å². The highest BCUT2D eigenvalue weighted by molar-refractivity contribution is 6.05. The molecule has 0 aromatic rings. The first-order chi connectivity index (χ1) is 8.49. The number of carboxylic acid groups (broad SMARTS) is 1. The molecular weight excluding hydrogens is 236 g/mol. The van der Waals surface area contributed by atoms with Crippen molar-refractivity contribution >= 4 is 17.8 Å². The van der Waals surface area contributed by atoms with Crippen molar-refractivity contribution in [1.29, 1.82) is 0 Å². The number of carboxylic acids is 1. The van der Waals surface area contributed by atoms with E-state index in [9.17, 15) is 14.4 Å². The SMILES string of the molecule is CN1C(=O)CC(NC2CCCC(C(=O)O)C2)C1=O. The number of carbonyl (C=O) groups is 3. The Morgan fingerprint density at radius 3 is 2.67 bits per heavy atom. The molecule has 1 saturated heterocycles. The van der Waals surface area contributed by atoms with E-state index >= 15 is 0 Å². The highest BCUT2D eigenvalue weighted by Crippen LogP contribution is 2.25. The van der Waals surface area contributed by atoms with Crippen LogP contribution in [-0.4, -0.2) is 46.9 Å². The molecule has 3 atom stereocenters. The summed E-state index contributed by atoms with van der Waals surface area (Å²) in [6.07, 6.45) is 3.14. The van der Waals surface area contributed by atoms with Crippen molar-refractivity contribution in [2.45, 2.75) is 44.2 Å². The minimum atomic E-state index is -0.771. The first-order valence-electron chi connectivity index (χ1n) is 6.28. The Hall–Kier alpha value is -1.43. The number of aliphatic carboxylic acids is 1. The fourth-order valence-corrected chi connectivity index (χ4v) is 2.74. The molecule has 0 aromatic heterocycles. The van der Waals surface area contributed by atoms with Gasteiger partial charge in [0.1, 0.15) is 0 Å². The first-order valence-corrected chi connectivity index (χ1v) is 6.28. The van der Waals surface area contributed by atoms with Gasteiger partial charge in [0, 0.05) is 13.1 Å². The summed E-state index contributed by atoms with van der Waals surface area (Å²) in [6.45, 7) is 0. The van der Waals surface area contributed by atoms with Gasteiger partial charge in [-0.1, -0.05) is 6.42 Å². The quantitative estimate of drug-likeness (QED) is 0.691. The zero-order chi connectivity index (χ0) is 13.3. The second-order valence-electron chi connectivity index (χ2n) is 5.11. The van der Waals surface area contributed by atoms with Crippen LogP contribution in [0.25, 0.3) is 0 Å². The second kappa shape index (κ2) is 5.06. The second-order valence-corrected chi connectivity index (χ2v) is 5.11. The summed E-state index contributed by atoms with van der Waals surface area (Å²) in [5.74, 6) is -1.49. The van der Waals surface area contributed by atoms with Crippen molar-refractivity contribution in [2.24, 2.45) is 5.92 Å². The van der Waals surface area contributed by atoms with E-state index in [4.69, 9.17) is 5.11 Å². The topological polar surface area (TPSA) is 86.7 Å². The highest BCUT2D eigenvalue weighted by Gasteiger charge is 2.38. The van der Waals surface area contributed by atoms with Gasteiger partial charge in [-0.05, 0) is 19.3 Å². The predicted molar refractivity (Wildman–Crippen MR) is 62.7 cm³/mol. The van der Waals surface area contributed by atoms with Crippen molar-refractivity contribution < 1.29 is 19.5 Å². The molecule has 2 amide bonds. The Kier molecular flexibility index (Phi) is 3.65. The average molecular weight is 254 g/mol. The third-order valence-electron chi connectivity index (χ3n) is 3.84. The van der Waals surface area contributed by atoms with Gasteiger partial charge in [0.2, 0.25) is 11.8 Å². The normalized spacial score (nSPS) is 32.9. The molecule has 0 spiro atoms. The number of hydrogen-bond acceptors (Lipinski definition) is 4. The molecule has 18 heavy (non-hydrogen) atoms. The van der Waals surface area contributed by atoms with Crippen LogP contribution in [0.4, 0.5) is 0 Å². The van der Waals surface area contributed by atoms with Gasteiger partial charge in [0.25, 0.3) is 0 Å². The zero-order valence-corrected chi connectivity index (χ0v) is 10.4. The molecule has 2 N–H and O–H groups in total. The fraction of sp³-hybridized carbons (Fsp3) is 0.750. The number of amides is 2. The highest BCUT2D eigenvalue weighted by atomic mass is 16.4. The minimum Gasteiger partial charge on any atom is -0.481 e. The van der Waals surface area contributed by atoms with Gasteiger partial charge in [-0.15, -0.1) is 0 Å². The van der Waals surface area contributed by atoms with Gasteiger partial charge >= 0.3 is 5.97 Å². The van der Waals surface area contributed by atoms with E-state index in [1.165, 1.54) is 7.05 Å². The molecule has 1 saturated carbocycles. The number of nitrogens with one attached hydrogen (secondary N) is 1. The number of rotatable bonds is 3. The van der Waals surface area contributed by atoms with Crippen LogP contribution in [0.3, 0.4) is 0 Å². The van der Waals surface area contributed by atoms with E-state index in [-0.39, 0.29) is 30.2 Å². The van der Waals surface area contributed by atoms with Crippen LogP contribution in [0.1, 0.15) is 32.1 Å². The van der Waals surface area contributed by atoms with Gasteiger partial charge < -0.3 is 10.4 Å². The summed E-state index contributed by atoms with van der Waals surface area (Å²) in [6, 6.07) is -0.451. The number of likely N-dealkylation sites (tertiary alicyclic amines) is 1. The first kappa shape index (κ1) is 13.0. The van der Waals surface area contributed by atoms with E-state index in [0.29, 0.717) is 12.8 Å². The van der Waals surface area contributed by atoms with Crippen LogP contribution < -0.4 is 5.32 Å². The Morgan fingerprint density at radius 1 is 1.39 bits per heavy atom. The van der Waals surface area contributed by atoms with Crippen LogP contribution in [-0.2, 0) is 14.4 Å². The lowest BCUT2D eigenvalue weighted by molar-refractivity contribution is -0.143. The molecule has 2 aliphatic rings. The van der Waals surface area contributed by atoms with Crippen molar-refractivity contribution in [1.82, 2.24) is 10.2 Å². The number of likely N-dealkylation sites (N-methyl/N-ethyl adjacent to an activating group) is 1. The summed E-state index contributed by atoms with van der Waals surface area (Å²) in [4.78, 5) is 35.2. The lowest BCUT2D eigenvalue weighted by atomic mass is 9.85. The van der Waals surface area contributed by atoms with E-state index < -0.39 is 12.0 Å². The van der Waals surface area contributed by atoms with Crippen LogP contribution in [0.5, 0.6) is 0 Å². The average Bonchev–Trinajstić information content (AvgIpc) is 2.57. The summed E-state index contributed by atoms with van der Waals surface area (Å²) >= 11 is 0. The molecule has 100 valence electrons. The Bertz CT molecular complexity index is 382. The largest absolute Gasteiger partial charge is 0.481 e. The molecular formula is C12H18N2O4. The molecule has 0 aromatic carbocycles. The molecule has 1 aliphatic carbocycles. The maximum atomic E-state index is 11.7. The third-order valence-corrected chi connectivity index (χ3v) is 3.84. The van der Waals surface area contributed by atoms with Crippen LogP contribution in [0.15, 0.2) is 0 Å².